The van der Waals surface area contributed by atoms with Crippen LogP contribution in [0.1, 0.15) is 42.5 Å². The second-order valence-corrected chi connectivity index (χ2v) is 9.00. The van der Waals surface area contributed by atoms with E-state index in [-0.39, 0.29) is 17.4 Å². The lowest BCUT2D eigenvalue weighted by molar-refractivity contribution is 0.0989. The van der Waals surface area contributed by atoms with Gasteiger partial charge in [0.15, 0.2) is 5.78 Å². The summed E-state index contributed by atoms with van der Waals surface area (Å²) in [6.45, 7) is 4.85. The van der Waals surface area contributed by atoms with Crippen molar-refractivity contribution >= 4 is 29.0 Å². The van der Waals surface area contributed by atoms with Crippen LogP contribution in [0.3, 0.4) is 0 Å². The molecule has 4 aromatic rings. The number of morpholine rings is 1. The first-order valence-corrected chi connectivity index (χ1v) is 12.2. The van der Waals surface area contributed by atoms with Crippen LogP contribution in [-0.2, 0) is 4.74 Å². The number of carbonyl (C=O) groups excluding carboxylic acids is 3. The number of carbonyl (C=O) groups is 3. The number of ether oxygens (including phenoxy) is 1. The SMILES string of the molecule is Cc1cc(C(N)=O)n(-c2ccc(C(=O)c3ccc(NC(=O)c4ccc(N5CCOCC5)cc4)cc3)cc2)n1. The van der Waals surface area contributed by atoms with E-state index in [9.17, 15) is 14.4 Å². The third-order valence-electron chi connectivity index (χ3n) is 6.37. The van der Waals surface area contributed by atoms with Gasteiger partial charge in [-0.3, -0.25) is 14.4 Å². The smallest absolute Gasteiger partial charge is 0.267 e. The van der Waals surface area contributed by atoms with Crippen LogP contribution in [-0.4, -0.2) is 53.7 Å². The molecule has 2 heterocycles. The van der Waals surface area contributed by atoms with Crippen molar-refractivity contribution in [3.05, 3.63) is 107 Å². The molecule has 3 N–H and O–H groups in total. The highest BCUT2D eigenvalue weighted by atomic mass is 16.5. The highest BCUT2D eigenvalue weighted by Gasteiger charge is 2.15. The van der Waals surface area contributed by atoms with E-state index < -0.39 is 5.91 Å². The van der Waals surface area contributed by atoms with E-state index in [4.69, 9.17) is 10.5 Å². The van der Waals surface area contributed by atoms with Crippen molar-refractivity contribution in [3.8, 4) is 5.69 Å². The van der Waals surface area contributed by atoms with Crippen LogP contribution in [0.2, 0.25) is 0 Å². The molecule has 1 aromatic heterocycles. The van der Waals surface area contributed by atoms with E-state index in [0.717, 1.165) is 18.8 Å². The first kappa shape index (κ1) is 24.9. The number of hydrogen-bond acceptors (Lipinski definition) is 6. The molecule has 0 saturated carbocycles. The average Bonchev–Trinajstić information content (AvgIpc) is 3.36. The zero-order valence-corrected chi connectivity index (χ0v) is 20.9. The topological polar surface area (TPSA) is 120 Å². The van der Waals surface area contributed by atoms with Gasteiger partial charge in [0, 0.05) is 41.2 Å². The monoisotopic (exact) mass is 509 g/mol. The quantitative estimate of drug-likeness (QED) is 0.368. The van der Waals surface area contributed by atoms with Gasteiger partial charge in [0.25, 0.3) is 11.8 Å². The number of nitrogens with two attached hydrogens (primary N) is 1. The minimum Gasteiger partial charge on any atom is -0.378 e. The number of benzene rings is 3. The molecule has 0 spiro atoms. The van der Waals surface area contributed by atoms with Crippen LogP contribution in [0, 0.1) is 6.92 Å². The van der Waals surface area contributed by atoms with Crippen LogP contribution in [0.25, 0.3) is 5.69 Å². The number of ketones is 1. The number of aryl methyl sites for hydroxylation is 1. The van der Waals surface area contributed by atoms with Gasteiger partial charge in [-0.25, -0.2) is 4.68 Å². The first-order valence-electron chi connectivity index (χ1n) is 12.2. The third-order valence-corrected chi connectivity index (χ3v) is 6.37. The van der Waals surface area contributed by atoms with Crippen molar-refractivity contribution in [2.24, 2.45) is 5.73 Å². The fourth-order valence-electron chi connectivity index (χ4n) is 4.35. The normalized spacial score (nSPS) is 13.2. The molecule has 192 valence electrons. The van der Waals surface area contributed by atoms with Crippen molar-refractivity contribution in [3.63, 3.8) is 0 Å². The van der Waals surface area contributed by atoms with E-state index in [1.165, 1.54) is 4.68 Å². The summed E-state index contributed by atoms with van der Waals surface area (Å²) in [5.41, 5.74) is 10.2. The van der Waals surface area contributed by atoms with E-state index >= 15 is 0 Å². The summed E-state index contributed by atoms with van der Waals surface area (Å²) >= 11 is 0. The predicted molar refractivity (Wildman–Crippen MR) is 144 cm³/mol. The number of nitrogens with one attached hydrogen (secondary N) is 1. The van der Waals surface area contributed by atoms with Crippen LogP contribution < -0.4 is 16.0 Å². The molecule has 0 unspecified atom stereocenters. The van der Waals surface area contributed by atoms with Gasteiger partial charge < -0.3 is 20.7 Å². The molecule has 3 aromatic carbocycles. The Morgan fingerprint density at radius 2 is 1.37 bits per heavy atom. The Bertz CT molecular complexity index is 1470. The maximum atomic E-state index is 13.0. The molecule has 38 heavy (non-hydrogen) atoms. The number of nitrogens with zero attached hydrogens (tertiary/aromatic N) is 3. The van der Waals surface area contributed by atoms with Crippen molar-refractivity contribution in [2.75, 3.05) is 36.5 Å². The predicted octanol–water partition coefficient (Wildman–Crippen LogP) is 3.60. The van der Waals surface area contributed by atoms with Crippen LogP contribution in [0.5, 0.6) is 0 Å². The largest absolute Gasteiger partial charge is 0.378 e. The summed E-state index contributed by atoms with van der Waals surface area (Å²) < 4.78 is 6.84. The Morgan fingerprint density at radius 1 is 0.816 bits per heavy atom. The van der Waals surface area contributed by atoms with Crippen LogP contribution >= 0.6 is 0 Å². The lowest BCUT2D eigenvalue weighted by atomic mass is 10.0. The van der Waals surface area contributed by atoms with Crippen molar-refractivity contribution in [1.82, 2.24) is 9.78 Å². The zero-order chi connectivity index (χ0) is 26.6. The third kappa shape index (κ3) is 5.33. The Hall–Kier alpha value is -4.76. The Kier molecular flexibility index (Phi) is 7.01. The second-order valence-electron chi connectivity index (χ2n) is 9.00. The average molecular weight is 510 g/mol. The second kappa shape index (κ2) is 10.7. The molecule has 1 saturated heterocycles. The molecule has 0 bridgehead atoms. The molecule has 2 amide bonds. The number of primary amides is 1. The highest BCUT2D eigenvalue weighted by Crippen LogP contribution is 2.20. The molecule has 9 nitrogen and oxygen atoms in total. The lowest BCUT2D eigenvalue weighted by Crippen LogP contribution is -2.36. The maximum Gasteiger partial charge on any atom is 0.267 e. The fraction of sp³-hybridized carbons (Fsp3) is 0.172. The van der Waals surface area contributed by atoms with Gasteiger partial charge in [0.2, 0.25) is 0 Å². The molecular weight excluding hydrogens is 482 g/mol. The molecule has 1 fully saturated rings. The summed E-state index contributed by atoms with van der Waals surface area (Å²) in [5, 5.41) is 7.18. The van der Waals surface area contributed by atoms with Gasteiger partial charge in [-0.15, -0.1) is 0 Å². The summed E-state index contributed by atoms with van der Waals surface area (Å²) in [5.74, 6) is -0.972. The molecule has 0 radical (unpaired) electrons. The molecule has 9 heteroatoms. The minimum atomic E-state index is -0.581. The Labute approximate surface area is 219 Å². The zero-order valence-electron chi connectivity index (χ0n) is 20.9. The number of aromatic nitrogens is 2. The molecule has 5 rings (SSSR count). The Balaban J connectivity index is 1.23. The van der Waals surface area contributed by atoms with Gasteiger partial charge in [-0.2, -0.15) is 5.10 Å². The summed E-state index contributed by atoms with van der Waals surface area (Å²) in [6.07, 6.45) is 0. The lowest BCUT2D eigenvalue weighted by Gasteiger charge is -2.28. The molecular formula is C29H27N5O4. The highest BCUT2D eigenvalue weighted by molar-refractivity contribution is 6.09. The fourth-order valence-corrected chi connectivity index (χ4v) is 4.35. The van der Waals surface area contributed by atoms with Gasteiger partial charge in [0.05, 0.1) is 24.6 Å². The molecule has 1 aliphatic heterocycles. The van der Waals surface area contributed by atoms with Gasteiger partial charge in [0.1, 0.15) is 5.69 Å². The number of amides is 2. The van der Waals surface area contributed by atoms with Crippen molar-refractivity contribution in [2.45, 2.75) is 6.92 Å². The van der Waals surface area contributed by atoms with Crippen LogP contribution in [0.15, 0.2) is 78.9 Å². The number of hydrogen-bond donors (Lipinski definition) is 2. The van der Waals surface area contributed by atoms with E-state index in [0.29, 0.717) is 47.0 Å². The molecule has 1 aliphatic rings. The van der Waals surface area contributed by atoms with Crippen molar-refractivity contribution in [1.29, 1.82) is 0 Å². The summed E-state index contributed by atoms with van der Waals surface area (Å²) in [7, 11) is 0. The van der Waals surface area contributed by atoms with E-state index in [1.54, 1.807) is 73.7 Å². The molecule has 0 aliphatic carbocycles. The van der Waals surface area contributed by atoms with E-state index in [2.05, 4.69) is 15.3 Å². The van der Waals surface area contributed by atoms with Crippen LogP contribution in [0.4, 0.5) is 11.4 Å². The summed E-state index contributed by atoms with van der Waals surface area (Å²) in [6, 6.07) is 22.6. The number of anilines is 2. The van der Waals surface area contributed by atoms with Gasteiger partial charge in [-0.05, 0) is 85.8 Å². The maximum absolute atomic E-state index is 13.0. The van der Waals surface area contributed by atoms with Gasteiger partial charge >= 0.3 is 0 Å². The number of rotatable bonds is 7. The minimum absolute atomic E-state index is 0.167. The van der Waals surface area contributed by atoms with Crippen molar-refractivity contribution < 1.29 is 19.1 Å². The first-order chi connectivity index (χ1) is 18.4. The summed E-state index contributed by atoms with van der Waals surface area (Å²) in [4.78, 5) is 39.6. The van der Waals surface area contributed by atoms with E-state index in [1.807, 2.05) is 12.1 Å². The Morgan fingerprint density at radius 3 is 1.97 bits per heavy atom. The van der Waals surface area contributed by atoms with Gasteiger partial charge in [-0.1, -0.05) is 0 Å². The standard InChI is InChI=1S/C29H27N5O4/c1-19-18-26(28(30)36)34(32-19)25-12-4-21(5-13-25)27(35)20-2-8-23(9-3-20)31-29(37)22-6-10-24(11-7-22)33-14-16-38-17-15-33/h2-13,18H,14-17H2,1H3,(H2,30,36)(H,31,37). The molecule has 0 atom stereocenters.